The van der Waals surface area contributed by atoms with E-state index in [9.17, 15) is 8.78 Å². The Hall–Kier alpha value is -2.13. The average molecular weight is 396 g/mol. The first-order valence-electron chi connectivity index (χ1n) is 11.2. The molecule has 0 atom stereocenters. The fraction of sp³-hybridized carbons (Fsp3) is 0.577. The molecular formula is C26H31F2N. The summed E-state index contributed by atoms with van der Waals surface area (Å²) in [5.41, 5.74) is 0.183. The van der Waals surface area contributed by atoms with Crippen LogP contribution in [-0.4, -0.2) is 0 Å². The lowest BCUT2D eigenvalue weighted by atomic mass is 9.78. The molecule has 2 aliphatic rings. The fourth-order valence-electron chi connectivity index (χ4n) is 4.93. The maximum atomic E-state index is 13.9. The highest BCUT2D eigenvalue weighted by Crippen LogP contribution is 2.36. The minimum Gasteiger partial charge on any atom is -0.205 e. The topological polar surface area (TPSA) is 23.8 Å². The summed E-state index contributed by atoms with van der Waals surface area (Å²) in [5.74, 6) is 7.25. The zero-order chi connectivity index (χ0) is 20.6. The highest BCUT2D eigenvalue weighted by Gasteiger charge is 2.23. The normalized spacial score (nSPS) is 27.2. The van der Waals surface area contributed by atoms with Gasteiger partial charge in [-0.1, -0.05) is 37.7 Å². The van der Waals surface area contributed by atoms with Crippen LogP contribution in [0.5, 0.6) is 0 Å². The van der Waals surface area contributed by atoms with E-state index in [4.69, 9.17) is 5.26 Å². The number of rotatable bonds is 4. The molecule has 0 aliphatic heterocycles. The van der Waals surface area contributed by atoms with Crippen LogP contribution in [0.25, 0.3) is 0 Å². The molecule has 2 aliphatic carbocycles. The number of halogens is 2. The molecular weight excluding hydrogens is 364 g/mol. The Morgan fingerprint density at radius 2 is 1.66 bits per heavy atom. The molecule has 0 aromatic heterocycles. The summed E-state index contributed by atoms with van der Waals surface area (Å²) in [4.78, 5) is 0. The molecule has 154 valence electrons. The summed E-state index contributed by atoms with van der Waals surface area (Å²) >= 11 is 0. The Labute approximate surface area is 174 Å². The van der Waals surface area contributed by atoms with E-state index in [1.54, 1.807) is 6.07 Å². The predicted octanol–water partition coefficient (Wildman–Crippen LogP) is 7.28. The highest BCUT2D eigenvalue weighted by molar-refractivity contribution is 5.36. The van der Waals surface area contributed by atoms with Crippen LogP contribution in [0, 0.1) is 52.6 Å². The van der Waals surface area contributed by atoms with E-state index in [2.05, 4.69) is 24.8 Å². The van der Waals surface area contributed by atoms with Crippen molar-refractivity contribution in [2.24, 2.45) is 17.8 Å². The van der Waals surface area contributed by atoms with Crippen molar-refractivity contribution in [1.82, 2.24) is 0 Å². The first-order valence-corrected chi connectivity index (χ1v) is 11.2. The zero-order valence-electron chi connectivity index (χ0n) is 17.4. The number of nitriles is 1. The van der Waals surface area contributed by atoms with Gasteiger partial charge in [0.25, 0.3) is 0 Å². The van der Waals surface area contributed by atoms with Crippen LogP contribution in [0.3, 0.4) is 0 Å². The third kappa shape index (κ3) is 5.93. The SMILES string of the molecule is CCC[C@H]1CC[C@H](C=CC#C[C@H]2CC[C@H](c3cc(F)c(C#N)c(F)c3)CC2)CC1. The molecule has 1 aromatic rings. The van der Waals surface area contributed by atoms with Crippen LogP contribution in [0.15, 0.2) is 24.3 Å². The zero-order valence-corrected chi connectivity index (χ0v) is 17.4. The molecule has 29 heavy (non-hydrogen) atoms. The molecule has 1 nitrogen and oxygen atoms in total. The molecule has 3 heteroatoms. The smallest absolute Gasteiger partial charge is 0.144 e. The fourth-order valence-corrected chi connectivity index (χ4v) is 4.93. The van der Waals surface area contributed by atoms with Crippen LogP contribution in [0.4, 0.5) is 8.78 Å². The van der Waals surface area contributed by atoms with Crippen molar-refractivity contribution in [3.8, 4) is 17.9 Å². The van der Waals surface area contributed by atoms with Gasteiger partial charge < -0.3 is 0 Å². The lowest BCUT2D eigenvalue weighted by Crippen LogP contribution is -2.13. The number of hydrogen-bond acceptors (Lipinski definition) is 1. The van der Waals surface area contributed by atoms with Gasteiger partial charge in [0.15, 0.2) is 0 Å². The summed E-state index contributed by atoms with van der Waals surface area (Å²) < 4.78 is 27.7. The largest absolute Gasteiger partial charge is 0.205 e. The van der Waals surface area contributed by atoms with Gasteiger partial charge in [-0.05, 0) is 92.9 Å². The van der Waals surface area contributed by atoms with Gasteiger partial charge >= 0.3 is 0 Å². The summed E-state index contributed by atoms with van der Waals surface area (Å²) in [6, 6.07) is 4.25. The molecule has 0 spiro atoms. The average Bonchev–Trinajstić information content (AvgIpc) is 2.73. The molecule has 0 radical (unpaired) electrons. The van der Waals surface area contributed by atoms with Crippen LogP contribution < -0.4 is 0 Å². The van der Waals surface area contributed by atoms with Gasteiger partial charge in [-0.2, -0.15) is 5.26 Å². The van der Waals surface area contributed by atoms with Crippen LogP contribution in [-0.2, 0) is 0 Å². The van der Waals surface area contributed by atoms with E-state index in [1.807, 2.05) is 6.08 Å². The summed E-state index contributed by atoms with van der Waals surface area (Å²) in [6.45, 7) is 2.27. The van der Waals surface area contributed by atoms with Crippen LogP contribution in [0.1, 0.15) is 88.2 Å². The Kier molecular flexibility index (Phi) is 7.88. The second-order valence-electron chi connectivity index (χ2n) is 8.74. The number of benzene rings is 1. The molecule has 0 bridgehead atoms. The van der Waals surface area contributed by atoms with E-state index >= 15 is 0 Å². The van der Waals surface area contributed by atoms with Crippen LogP contribution >= 0.6 is 0 Å². The molecule has 2 saturated carbocycles. The summed E-state index contributed by atoms with van der Waals surface area (Å²) in [5, 5.41) is 8.80. The second-order valence-corrected chi connectivity index (χ2v) is 8.74. The Balaban J connectivity index is 1.46. The lowest BCUT2D eigenvalue weighted by molar-refractivity contribution is 0.294. The van der Waals surface area contributed by atoms with Gasteiger partial charge in [0.2, 0.25) is 0 Å². The van der Waals surface area contributed by atoms with Crippen molar-refractivity contribution in [2.45, 2.75) is 77.0 Å². The maximum Gasteiger partial charge on any atom is 0.144 e. The molecule has 0 saturated heterocycles. The van der Waals surface area contributed by atoms with Gasteiger partial charge in [0.05, 0.1) is 0 Å². The minimum absolute atomic E-state index is 0.152. The Morgan fingerprint density at radius 3 is 2.24 bits per heavy atom. The molecule has 1 aromatic carbocycles. The van der Waals surface area contributed by atoms with Crippen molar-refractivity contribution in [2.75, 3.05) is 0 Å². The number of hydrogen-bond donors (Lipinski definition) is 0. The first kappa shape index (κ1) is 21.6. The van der Waals surface area contributed by atoms with Crippen molar-refractivity contribution in [3.05, 3.63) is 47.0 Å². The van der Waals surface area contributed by atoms with Gasteiger partial charge in [0, 0.05) is 5.92 Å². The maximum absolute atomic E-state index is 13.9. The third-order valence-corrected chi connectivity index (χ3v) is 6.70. The van der Waals surface area contributed by atoms with Crippen molar-refractivity contribution in [3.63, 3.8) is 0 Å². The van der Waals surface area contributed by atoms with Gasteiger partial charge in [0.1, 0.15) is 23.3 Å². The van der Waals surface area contributed by atoms with Crippen molar-refractivity contribution in [1.29, 1.82) is 5.26 Å². The molecule has 0 unspecified atom stereocenters. The summed E-state index contributed by atoms with van der Waals surface area (Å²) in [6.07, 6.45) is 16.0. The lowest BCUT2D eigenvalue weighted by Gasteiger charge is -2.26. The van der Waals surface area contributed by atoms with Gasteiger partial charge in [-0.25, -0.2) is 8.78 Å². The first-order chi connectivity index (χ1) is 14.1. The minimum atomic E-state index is -0.752. The van der Waals surface area contributed by atoms with E-state index in [-0.39, 0.29) is 5.92 Å². The predicted molar refractivity (Wildman–Crippen MR) is 113 cm³/mol. The van der Waals surface area contributed by atoms with Gasteiger partial charge in [-0.15, -0.1) is 0 Å². The third-order valence-electron chi connectivity index (χ3n) is 6.70. The Bertz CT molecular complexity index is 784. The van der Waals surface area contributed by atoms with Crippen molar-refractivity contribution < 1.29 is 8.78 Å². The Morgan fingerprint density at radius 1 is 1.00 bits per heavy atom. The van der Waals surface area contributed by atoms with E-state index in [0.29, 0.717) is 17.4 Å². The summed E-state index contributed by atoms with van der Waals surface area (Å²) in [7, 11) is 0. The second kappa shape index (κ2) is 10.6. The van der Waals surface area contributed by atoms with Gasteiger partial charge in [-0.3, -0.25) is 0 Å². The highest BCUT2D eigenvalue weighted by atomic mass is 19.1. The number of allylic oxidation sites excluding steroid dienone is 2. The van der Waals surface area contributed by atoms with E-state index < -0.39 is 17.2 Å². The van der Waals surface area contributed by atoms with Crippen molar-refractivity contribution >= 4 is 0 Å². The van der Waals surface area contributed by atoms with E-state index in [0.717, 1.165) is 31.6 Å². The molecule has 0 heterocycles. The standard InChI is InChI=1S/C26H31F2N/c1-2-5-19-8-10-20(11-9-19)6-3-4-7-21-12-14-22(15-13-21)23-16-25(27)24(18-29)26(28)17-23/h3,6,16-17,19-22H,2,5,8-15H2,1H3/t19-,20-,21-,22-. The van der Waals surface area contributed by atoms with E-state index in [1.165, 1.54) is 50.7 Å². The molecule has 2 fully saturated rings. The van der Waals surface area contributed by atoms with Crippen LogP contribution in [0.2, 0.25) is 0 Å². The molecule has 0 amide bonds. The number of nitrogens with zero attached hydrogens (tertiary/aromatic N) is 1. The molecule has 3 rings (SSSR count). The molecule has 0 N–H and O–H groups in total. The monoisotopic (exact) mass is 395 g/mol. The quantitative estimate of drug-likeness (QED) is 0.492.